The third-order valence-corrected chi connectivity index (χ3v) is 6.78. The molecule has 0 spiro atoms. The number of carboxylic acid groups (broad SMARTS) is 1. The van der Waals surface area contributed by atoms with E-state index in [1.165, 1.54) is 4.90 Å². The molecule has 5 N–H and O–H groups in total. The van der Waals surface area contributed by atoms with Gasteiger partial charge < -0.3 is 35.4 Å². The fraction of sp³-hybridized carbons (Fsp3) is 0.909. The minimum Gasteiger partial charge on any atom is -0.550 e. The van der Waals surface area contributed by atoms with Gasteiger partial charge in [-0.2, -0.15) is 0 Å². The lowest BCUT2D eigenvalue weighted by atomic mass is 9.87. The molecule has 0 aliphatic carbocycles. The summed E-state index contributed by atoms with van der Waals surface area (Å²) in [7, 11) is 0. The number of piperidine rings is 1. The van der Waals surface area contributed by atoms with Crippen LogP contribution in [0.25, 0.3) is 0 Å². The van der Waals surface area contributed by atoms with Gasteiger partial charge in [0.05, 0.1) is 24.5 Å². The van der Waals surface area contributed by atoms with Crippen molar-refractivity contribution in [1.82, 2.24) is 5.32 Å². The molecule has 1 fully saturated rings. The molecule has 30 heavy (non-hydrogen) atoms. The van der Waals surface area contributed by atoms with Crippen molar-refractivity contribution in [2.24, 2.45) is 10.9 Å². The summed E-state index contributed by atoms with van der Waals surface area (Å²) in [5, 5.41) is 43.5. The number of nitrogens with one attached hydrogen (secondary N) is 2. The summed E-state index contributed by atoms with van der Waals surface area (Å²) in [5.74, 6) is -1.12. The predicted octanol–water partition coefficient (Wildman–Crippen LogP) is -1.38. The summed E-state index contributed by atoms with van der Waals surface area (Å²) in [6.07, 6.45) is 8.75. The molecule has 174 valence electrons. The van der Waals surface area contributed by atoms with E-state index in [-0.39, 0.29) is 31.1 Å². The van der Waals surface area contributed by atoms with Crippen molar-refractivity contribution in [3.05, 3.63) is 0 Å². The molecule has 0 radical (unpaired) electrons. The highest BCUT2D eigenvalue weighted by Gasteiger charge is 2.39. The molecular formula is C22H41N3O5. The minimum atomic E-state index is -1.24. The Balaban J connectivity index is 1.61. The van der Waals surface area contributed by atoms with Gasteiger partial charge in [-0.05, 0) is 38.5 Å². The lowest BCUT2D eigenvalue weighted by molar-refractivity contribution is -0.914. The normalized spacial score (nSPS) is 31.0. The van der Waals surface area contributed by atoms with Crippen LogP contribution in [0.15, 0.2) is 4.99 Å². The first-order chi connectivity index (χ1) is 14.4. The zero-order valence-electron chi connectivity index (χ0n) is 18.3. The van der Waals surface area contributed by atoms with E-state index >= 15 is 0 Å². The molecule has 8 nitrogen and oxygen atoms in total. The van der Waals surface area contributed by atoms with Gasteiger partial charge in [0.25, 0.3) is 0 Å². The molecule has 2 aliphatic rings. The van der Waals surface area contributed by atoms with Crippen LogP contribution < -0.4 is 15.3 Å². The van der Waals surface area contributed by atoms with Crippen LogP contribution in [0.5, 0.6) is 0 Å². The highest BCUT2D eigenvalue weighted by molar-refractivity contribution is 5.64. The number of carboxylic acids is 1. The Morgan fingerprint density at radius 3 is 2.70 bits per heavy atom. The van der Waals surface area contributed by atoms with E-state index in [2.05, 4.69) is 17.2 Å². The average Bonchev–Trinajstić information content (AvgIpc) is 3.23. The molecule has 0 aromatic heterocycles. The summed E-state index contributed by atoms with van der Waals surface area (Å²) in [6.45, 7) is 3.89. The number of aliphatic hydroxyl groups excluding tert-OH is 3. The highest BCUT2D eigenvalue weighted by Crippen LogP contribution is 2.20. The van der Waals surface area contributed by atoms with Crippen molar-refractivity contribution in [2.45, 2.75) is 101 Å². The number of carbonyl (C=O) groups is 1. The molecule has 2 heterocycles. The number of aliphatic hydroxyl groups is 3. The van der Waals surface area contributed by atoms with Crippen LogP contribution in [-0.2, 0) is 4.79 Å². The summed E-state index contributed by atoms with van der Waals surface area (Å²) in [5.41, 5.74) is 0. The summed E-state index contributed by atoms with van der Waals surface area (Å²) >= 11 is 0. The number of aliphatic carboxylic acids is 1. The fourth-order valence-electron chi connectivity index (χ4n) is 4.83. The van der Waals surface area contributed by atoms with E-state index in [1.807, 2.05) is 6.21 Å². The van der Waals surface area contributed by atoms with Crippen molar-refractivity contribution in [1.29, 1.82) is 0 Å². The average molecular weight is 428 g/mol. The first-order valence-corrected chi connectivity index (χ1v) is 11.7. The quantitative estimate of drug-likeness (QED) is 0.217. The van der Waals surface area contributed by atoms with Crippen LogP contribution in [0.4, 0.5) is 0 Å². The molecule has 1 saturated heterocycles. The van der Waals surface area contributed by atoms with Gasteiger partial charge in [0.1, 0.15) is 12.6 Å². The second kappa shape index (κ2) is 13.4. The molecule has 0 bridgehead atoms. The van der Waals surface area contributed by atoms with Crippen LogP contribution >= 0.6 is 0 Å². The topological polar surface area (TPSA) is 130 Å². The van der Waals surface area contributed by atoms with Crippen molar-refractivity contribution in [3.8, 4) is 0 Å². The predicted molar refractivity (Wildman–Crippen MR) is 113 cm³/mol. The number of rotatable bonds is 14. The molecule has 0 aromatic rings. The molecule has 7 atom stereocenters. The van der Waals surface area contributed by atoms with Gasteiger partial charge in [-0.25, -0.2) is 4.99 Å². The number of hydrogen-bond acceptors (Lipinski definition) is 7. The van der Waals surface area contributed by atoms with Crippen LogP contribution in [0.3, 0.4) is 0 Å². The van der Waals surface area contributed by atoms with Gasteiger partial charge in [-0.1, -0.05) is 25.7 Å². The minimum absolute atomic E-state index is 0.0760. The second-order valence-electron chi connectivity index (χ2n) is 9.20. The van der Waals surface area contributed by atoms with Crippen molar-refractivity contribution >= 4 is 12.2 Å². The molecule has 0 amide bonds. The molecule has 7 unspecified atom stereocenters. The Kier molecular flexibility index (Phi) is 11.2. The lowest BCUT2D eigenvalue weighted by Gasteiger charge is -2.41. The molecule has 2 rings (SSSR count). The van der Waals surface area contributed by atoms with E-state index in [9.17, 15) is 25.2 Å². The van der Waals surface area contributed by atoms with E-state index in [0.29, 0.717) is 24.9 Å². The molecule has 8 heteroatoms. The SMILES string of the molecule is CC1NC(CCCCCCC(CO)CCC(O)CC(=O)[O-])C([NH+]2CC=NC2)CC1O. The Hall–Kier alpha value is -1.06. The summed E-state index contributed by atoms with van der Waals surface area (Å²) < 4.78 is 0. The maximum absolute atomic E-state index is 10.5. The second-order valence-corrected chi connectivity index (χ2v) is 9.20. The van der Waals surface area contributed by atoms with E-state index in [0.717, 1.165) is 58.2 Å². The number of unbranched alkanes of at least 4 members (excludes halogenated alkanes) is 3. The molecule has 0 saturated carbocycles. The number of hydrogen-bond donors (Lipinski definition) is 5. The first kappa shape index (κ1) is 25.2. The van der Waals surface area contributed by atoms with Gasteiger partial charge in [0.2, 0.25) is 0 Å². The Labute approximate surface area is 180 Å². The zero-order chi connectivity index (χ0) is 21.9. The fourth-order valence-corrected chi connectivity index (χ4v) is 4.83. The molecule has 0 aromatic carbocycles. The monoisotopic (exact) mass is 427 g/mol. The van der Waals surface area contributed by atoms with E-state index < -0.39 is 12.1 Å². The van der Waals surface area contributed by atoms with Gasteiger partial charge in [-0.15, -0.1) is 0 Å². The van der Waals surface area contributed by atoms with E-state index in [4.69, 9.17) is 0 Å². The Morgan fingerprint density at radius 2 is 2.03 bits per heavy atom. The van der Waals surface area contributed by atoms with Crippen molar-refractivity contribution in [2.75, 3.05) is 19.8 Å². The van der Waals surface area contributed by atoms with Crippen LogP contribution in [0.1, 0.15) is 71.1 Å². The Morgan fingerprint density at radius 1 is 1.27 bits per heavy atom. The maximum atomic E-state index is 10.5. The Bertz CT molecular complexity index is 525. The largest absolute Gasteiger partial charge is 0.550 e. The third kappa shape index (κ3) is 8.59. The van der Waals surface area contributed by atoms with Crippen LogP contribution in [0, 0.1) is 5.92 Å². The lowest BCUT2D eigenvalue weighted by Crippen LogP contribution is -3.16. The number of carbonyl (C=O) groups excluding carboxylic acids is 1. The first-order valence-electron chi connectivity index (χ1n) is 11.7. The van der Waals surface area contributed by atoms with Gasteiger partial charge in [-0.3, -0.25) is 0 Å². The number of nitrogens with zero attached hydrogens (tertiary/aromatic N) is 1. The molecule has 2 aliphatic heterocycles. The van der Waals surface area contributed by atoms with Crippen LogP contribution in [0.2, 0.25) is 0 Å². The summed E-state index contributed by atoms with van der Waals surface area (Å²) in [4.78, 5) is 16.3. The van der Waals surface area contributed by atoms with Crippen molar-refractivity contribution < 1.29 is 30.1 Å². The van der Waals surface area contributed by atoms with E-state index in [1.54, 1.807) is 0 Å². The van der Waals surface area contributed by atoms with Gasteiger partial charge >= 0.3 is 0 Å². The smallest absolute Gasteiger partial charge is 0.171 e. The summed E-state index contributed by atoms with van der Waals surface area (Å²) in [6, 6.07) is 0.951. The third-order valence-electron chi connectivity index (χ3n) is 6.78. The number of aliphatic imine (C=N–C) groups is 1. The van der Waals surface area contributed by atoms with Gasteiger partial charge in [0.15, 0.2) is 6.67 Å². The highest BCUT2D eigenvalue weighted by atomic mass is 16.4. The van der Waals surface area contributed by atoms with Gasteiger partial charge in [0, 0.05) is 31.5 Å². The van der Waals surface area contributed by atoms with Crippen LogP contribution in [-0.4, -0.2) is 77.7 Å². The number of quaternary nitrogens is 1. The molecular weight excluding hydrogens is 386 g/mol. The van der Waals surface area contributed by atoms with Crippen molar-refractivity contribution in [3.63, 3.8) is 0 Å². The standard InChI is InChI=1S/C22H41N3O5/c1-16-21(28)13-20(25-11-10-23-15-25)19(24-16)7-5-3-2-4-6-17(14-26)8-9-18(27)12-22(29)30/h10,16-21,24,26-28H,2-9,11-15H2,1H3,(H,29,30). The maximum Gasteiger partial charge on any atom is 0.171 e. The zero-order valence-corrected chi connectivity index (χ0v) is 18.3.